The number of rotatable bonds is 7. The molecule has 33 heavy (non-hydrogen) atoms. The van der Waals surface area contributed by atoms with Gasteiger partial charge in [0.05, 0.1) is 5.56 Å². The van der Waals surface area contributed by atoms with Crippen molar-refractivity contribution in [3.63, 3.8) is 0 Å². The average molecular weight is 446 g/mol. The highest BCUT2D eigenvalue weighted by molar-refractivity contribution is 5.95. The molecule has 3 aromatic rings. The zero-order chi connectivity index (χ0) is 23.0. The van der Waals surface area contributed by atoms with Crippen molar-refractivity contribution in [3.05, 3.63) is 90.0 Å². The normalized spacial score (nSPS) is 14.0. The fourth-order valence-electron chi connectivity index (χ4n) is 3.77. The second-order valence-corrected chi connectivity index (χ2v) is 7.97. The number of carbonyl (C=O) groups is 2. The van der Waals surface area contributed by atoms with E-state index in [-0.39, 0.29) is 17.9 Å². The molecule has 0 aromatic heterocycles. The Morgan fingerprint density at radius 1 is 0.848 bits per heavy atom. The zero-order valence-corrected chi connectivity index (χ0v) is 18.3. The molecule has 0 atom stereocenters. The van der Waals surface area contributed by atoms with E-state index < -0.39 is 11.9 Å². The molecular formula is C26H27N3O4. The van der Waals surface area contributed by atoms with Crippen molar-refractivity contribution in [1.29, 1.82) is 0 Å². The van der Waals surface area contributed by atoms with E-state index in [0.29, 0.717) is 5.69 Å². The molecule has 3 aromatic carbocycles. The highest BCUT2D eigenvalue weighted by Crippen LogP contribution is 2.20. The van der Waals surface area contributed by atoms with Crippen LogP contribution in [0.1, 0.15) is 15.9 Å². The van der Waals surface area contributed by atoms with Gasteiger partial charge in [-0.15, -0.1) is 0 Å². The third-order valence-electron chi connectivity index (χ3n) is 5.57. The number of ether oxygens (including phenoxy) is 1. The maximum atomic E-state index is 12.1. The van der Waals surface area contributed by atoms with Crippen molar-refractivity contribution in [2.75, 3.05) is 43.0 Å². The highest BCUT2D eigenvalue weighted by atomic mass is 16.5. The van der Waals surface area contributed by atoms with Crippen molar-refractivity contribution in [1.82, 2.24) is 4.90 Å². The summed E-state index contributed by atoms with van der Waals surface area (Å²) >= 11 is 0. The lowest BCUT2D eigenvalue weighted by molar-refractivity contribution is -0.119. The fourth-order valence-corrected chi connectivity index (χ4v) is 3.77. The van der Waals surface area contributed by atoms with Gasteiger partial charge in [-0.3, -0.25) is 9.69 Å². The zero-order valence-electron chi connectivity index (χ0n) is 18.3. The quantitative estimate of drug-likeness (QED) is 0.542. The molecule has 1 aliphatic heterocycles. The molecule has 1 aliphatic rings. The number of nitrogens with zero attached hydrogens (tertiary/aromatic N) is 2. The Morgan fingerprint density at radius 3 is 2.18 bits per heavy atom. The number of nitrogens with one attached hydrogen (secondary N) is 1. The summed E-state index contributed by atoms with van der Waals surface area (Å²) in [5.74, 6) is -0.974. The molecular weight excluding hydrogens is 418 g/mol. The van der Waals surface area contributed by atoms with Crippen molar-refractivity contribution >= 4 is 23.3 Å². The van der Waals surface area contributed by atoms with Crippen LogP contribution in [0.2, 0.25) is 0 Å². The lowest BCUT2D eigenvalue weighted by Gasteiger charge is -2.36. The molecule has 170 valence electrons. The van der Waals surface area contributed by atoms with E-state index in [9.17, 15) is 14.7 Å². The Labute approximate surface area is 193 Å². The summed E-state index contributed by atoms with van der Waals surface area (Å²) in [4.78, 5) is 28.9. The standard InChI is InChI=1S/C26H27N3O4/c30-24-12-6-21(7-13-24)26(32)33-19-25(31)27-22-8-10-23(11-9-22)29-16-14-28(15-17-29)18-20-4-2-1-3-5-20/h1-13,30H,14-19H2,(H,27,31). The van der Waals surface area contributed by atoms with E-state index in [1.165, 1.54) is 29.8 Å². The SMILES string of the molecule is O=C(COC(=O)c1ccc(O)cc1)Nc1ccc(N2CCN(Cc3ccccc3)CC2)cc1. The number of piperazine rings is 1. The van der Waals surface area contributed by atoms with Crippen LogP contribution in [0.15, 0.2) is 78.9 Å². The molecule has 2 N–H and O–H groups in total. The molecule has 0 aliphatic carbocycles. The number of hydrogen-bond donors (Lipinski definition) is 2. The molecule has 0 saturated carbocycles. The maximum Gasteiger partial charge on any atom is 0.338 e. The van der Waals surface area contributed by atoms with Gasteiger partial charge in [-0.25, -0.2) is 4.79 Å². The molecule has 1 saturated heterocycles. The van der Waals surface area contributed by atoms with Crippen molar-refractivity contribution in [3.8, 4) is 5.75 Å². The monoisotopic (exact) mass is 445 g/mol. The fraction of sp³-hybridized carbons (Fsp3) is 0.231. The molecule has 1 amide bonds. The van der Waals surface area contributed by atoms with E-state index in [0.717, 1.165) is 38.4 Å². The van der Waals surface area contributed by atoms with Gasteiger partial charge in [-0.2, -0.15) is 0 Å². The van der Waals surface area contributed by atoms with E-state index in [1.807, 2.05) is 30.3 Å². The number of aromatic hydroxyl groups is 1. The van der Waals surface area contributed by atoms with Gasteiger partial charge in [0, 0.05) is 44.1 Å². The summed E-state index contributed by atoms with van der Waals surface area (Å²) in [5.41, 5.74) is 3.37. The summed E-state index contributed by atoms with van der Waals surface area (Å²) < 4.78 is 5.03. The molecule has 0 spiro atoms. The van der Waals surface area contributed by atoms with Gasteiger partial charge in [0.1, 0.15) is 5.75 Å². The molecule has 4 rings (SSSR count). The minimum Gasteiger partial charge on any atom is -0.508 e. The summed E-state index contributed by atoms with van der Waals surface area (Å²) in [5, 5.41) is 12.0. The lowest BCUT2D eigenvalue weighted by atomic mass is 10.2. The van der Waals surface area contributed by atoms with Crippen LogP contribution in [0.25, 0.3) is 0 Å². The van der Waals surface area contributed by atoms with Crippen molar-refractivity contribution < 1.29 is 19.4 Å². The summed E-state index contributed by atoms with van der Waals surface area (Å²) in [6.07, 6.45) is 0. The molecule has 7 heteroatoms. The van der Waals surface area contributed by atoms with Gasteiger partial charge in [0.15, 0.2) is 6.61 Å². The number of phenolic OH excluding ortho intramolecular Hbond substituents is 1. The van der Waals surface area contributed by atoms with Crippen LogP contribution >= 0.6 is 0 Å². The van der Waals surface area contributed by atoms with Gasteiger partial charge in [-0.1, -0.05) is 30.3 Å². The van der Waals surface area contributed by atoms with E-state index in [2.05, 4.69) is 39.4 Å². The van der Waals surface area contributed by atoms with Crippen LogP contribution in [-0.4, -0.2) is 54.7 Å². The second-order valence-electron chi connectivity index (χ2n) is 7.97. The average Bonchev–Trinajstić information content (AvgIpc) is 2.85. The number of anilines is 2. The molecule has 7 nitrogen and oxygen atoms in total. The van der Waals surface area contributed by atoms with Crippen LogP contribution in [0.4, 0.5) is 11.4 Å². The van der Waals surface area contributed by atoms with Crippen LogP contribution in [-0.2, 0) is 16.1 Å². The molecule has 1 fully saturated rings. The number of amides is 1. The lowest BCUT2D eigenvalue weighted by Crippen LogP contribution is -2.45. The number of carbonyl (C=O) groups excluding carboxylic acids is 2. The third kappa shape index (κ3) is 6.33. The van der Waals surface area contributed by atoms with Crippen LogP contribution in [0.3, 0.4) is 0 Å². The Hall–Kier alpha value is -3.84. The first-order valence-electron chi connectivity index (χ1n) is 10.9. The van der Waals surface area contributed by atoms with Gasteiger partial charge in [0.2, 0.25) is 0 Å². The molecule has 0 radical (unpaired) electrons. The Balaban J connectivity index is 1.21. The number of esters is 1. The maximum absolute atomic E-state index is 12.1. The highest BCUT2D eigenvalue weighted by Gasteiger charge is 2.17. The van der Waals surface area contributed by atoms with Crippen molar-refractivity contribution in [2.24, 2.45) is 0 Å². The first-order valence-corrected chi connectivity index (χ1v) is 10.9. The summed E-state index contributed by atoms with van der Waals surface area (Å²) in [6.45, 7) is 4.48. The smallest absolute Gasteiger partial charge is 0.338 e. The van der Waals surface area contributed by atoms with Gasteiger partial charge < -0.3 is 20.1 Å². The van der Waals surface area contributed by atoms with Crippen LogP contribution < -0.4 is 10.2 Å². The van der Waals surface area contributed by atoms with E-state index in [1.54, 1.807) is 0 Å². The number of phenols is 1. The number of hydrogen-bond acceptors (Lipinski definition) is 6. The first-order chi connectivity index (χ1) is 16.1. The van der Waals surface area contributed by atoms with E-state index >= 15 is 0 Å². The van der Waals surface area contributed by atoms with Gasteiger partial charge >= 0.3 is 5.97 Å². The van der Waals surface area contributed by atoms with Gasteiger partial charge in [0.25, 0.3) is 5.91 Å². The topological polar surface area (TPSA) is 82.1 Å². The molecule has 0 unspecified atom stereocenters. The Kier molecular flexibility index (Phi) is 7.22. The largest absolute Gasteiger partial charge is 0.508 e. The Morgan fingerprint density at radius 2 is 1.52 bits per heavy atom. The van der Waals surface area contributed by atoms with Crippen LogP contribution in [0, 0.1) is 0 Å². The first kappa shape index (κ1) is 22.4. The predicted molar refractivity (Wildman–Crippen MR) is 127 cm³/mol. The van der Waals surface area contributed by atoms with Crippen LogP contribution in [0.5, 0.6) is 5.75 Å². The third-order valence-corrected chi connectivity index (χ3v) is 5.57. The molecule has 0 bridgehead atoms. The summed E-state index contributed by atoms with van der Waals surface area (Å²) in [7, 11) is 0. The second kappa shape index (κ2) is 10.7. The predicted octanol–water partition coefficient (Wildman–Crippen LogP) is 3.51. The molecule has 1 heterocycles. The van der Waals surface area contributed by atoms with E-state index in [4.69, 9.17) is 4.74 Å². The number of benzene rings is 3. The van der Waals surface area contributed by atoms with Crippen molar-refractivity contribution in [2.45, 2.75) is 6.54 Å². The summed E-state index contributed by atoms with van der Waals surface area (Å²) in [6, 6.07) is 23.9. The Bertz CT molecular complexity index is 1060. The minimum absolute atomic E-state index is 0.0572. The van der Waals surface area contributed by atoms with Gasteiger partial charge in [-0.05, 0) is 54.1 Å². The minimum atomic E-state index is -0.619.